The molecule has 1 aromatic rings. The summed E-state index contributed by atoms with van der Waals surface area (Å²) in [6, 6.07) is 1.85. The molecule has 1 fully saturated rings. The summed E-state index contributed by atoms with van der Waals surface area (Å²) in [6.07, 6.45) is 4.03. The molecule has 1 aliphatic rings. The lowest BCUT2D eigenvalue weighted by Crippen LogP contribution is -2.50. The van der Waals surface area contributed by atoms with E-state index in [9.17, 15) is 8.42 Å². The van der Waals surface area contributed by atoms with Gasteiger partial charge in [0.15, 0.2) is 0 Å². The van der Waals surface area contributed by atoms with Gasteiger partial charge in [0, 0.05) is 24.5 Å². The van der Waals surface area contributed by atoms with E-state index in [4.69, 9.17) is 0 Å². The smallest absolute Gasteiger partial charge is 0.301 e. The summed E-state index contributed by atoms with van der Waals surface area (Å²) in [7, 11) is -3.44. The number of nitrogens with zero attached hydrogens (tertiary/aromatic N) is 1. The van der Waals surface area contributed by atoms with Gasteiger partial charge < -0.3 is 5.32 Å². The zero-order chi connectivity index (χ0) is 14.4. The van der Waals surface area contributed by atoms with Crippen molar-refractivity contribution in [1.82, 2.24) is 9.62 Å². The molecule has 2 rings (SSSR count). The first kappa shape index (κ1) is 15.8. The van der Waals surface area contributed by atoms with E-state index in [1.54, 1.807) is 10.4 Å². The van der Waals surface area contributed by atoms with Crippen LogP contribution in [0.5, 0.6) is 0 Å². The molecule has 7 heteroatoms. The van der Waals surface area contributed by atoms with E-state index in [-0.39, 0.29) is 6.04 Å². The summed E-state index contributed by atoms with van der Waals surface area (Å²) in [5.74, 6) is 0. The zero-order valence-corrected chi connectivity index (χ0v) is 13.5. The van der Waals surface area contributed by atoms with Crippen LogP contribution >= 0.6 is 11.3 Å². The SMILES string of the molecule is CCCNCC1CCCCN1S(=O)(=O)Nc1ccsc1. The van der Waals surface area contributed by atoms with E-state index < -0.39 is 10.2 Å². The maximum Gasteiger partial charge on any atom is 0.301 e. The fraction of sp³-hybridized carbons (Fsp3) is 0.692. The molecule has 0 spiro atoms. The Balaban J connectivity index is 2.02. The molecule has 0 saturated carbocycles. The molecule has 5 nitrogen and oxygen atoms in total. The van der Waals surface area contributed by atoms with Crippen molar-refractivity contribution < 1.29 is 8.42 Å². The molecule has 1 unspecified atom stereocenters. The molecule has 2 heterocycles. The monoisotopic (exact) mass is 317 g/mol. The molecule has 0 aliphatic carbocycles. The number of nitrogens with one attached hydrogen (secondary N) is 2. The number of thiophene rings is 1. The molecular weight excluding hydrogens is 294 g/mol. The molecule has 0 aromatic carbocycles. The third kappa shape index (κ3) is 4.18. The third-order valence-electron chi connectivity index (χ3n) is 3.46. The highest BCUT2D eigenvalue weighted by molar-refractivity contribution is 7.90. The van der Waals surface area contributed by atoms with Gasteiger partial charge in [-0.1, -0.05) is 13.3 Å². The molecule has 1 aromatic heterocycles. The lowest BCUT2D eigenvalue weighted by Gasteiger charge is -2.34. The Hall–Kier alpha value is -0.630. The van der Waals surface area contributed by atoms with Crippen molar-refractivity contribution in [3.05, 3.63) is 16.8 Å². The van der Waals surface area contributed by atoms with Gasteiger partial charge in [-0.2, -0.15) is 24.1 Å². The first-order valence-corrected chi connectivity index (χ1v) is 9.54. The quantitative estimate of drug-likeness (QED) is 0.758. The zero-order valence-electron chi connectivity index (χ0n) is 11.8. The normalized spacial score (nSPS) is 20.9. The predicted molar refractivity (Wildman–Crippen MR) is 84.4 cm³/mol. The van der Waals surface area contributed by atoms with Crippen LogP contribution in [-0.4, -0.2) is 38.4 Å². The third-order valence-corrected chi connectivity index (χ3v) is 5.73. The number of hydrogen-bond acceptors (Lipinski definition) is 4. The van der Waals surface area contributed by atoms with Crippen LogP contribution in [0.15, 0.2) is 16.8 Å². The maximum absolute atomic E-state index is 12.5. The second kappa shape index (κ2) is 7.40. The predicted octanol–water partition coefficient (Wildman–Crippen LogP) is 2.26. The molecule has 0 amide bonds. The number of rotatable bonds is 7. The summed E-state index contributed by atoms with van der Waals surface area (Å²) in [5, 5.41) is 7.01. The highest BCUT2D eigenvalue weighted by Gasteiger charge is 2.31. The lowest BCUT2D eigenvalue weighted by atomic mass is 10.1. The molecule has 114 valence electrons. The van der Waals surface area contributed by atoms with Crippen molar-refractivity contribution in [2.45, 2.75) is 38.6 Å². The first-order valence-electron chi connectivity index (χ1n) is 7.16. The maximum atomic E-state index is 12.5. The fourth-order valence-electron chi connectivity index (χ4n) is 2.47. The number of hydrogen-bond donors (Lipinski definition) is 2. The minimum atomic E-state index is -3.44. The van der Waals surface area contributed by atoms with Crippen LogP contribution in [-0.2, 0) is 10.2 Å². The second-order valence-electron chi connectivity index (χ2n) is 5.08. The van der Waals surface area contributed by atoms with Gasteiger partial charge in [-0.25, -0.2) is 0 Å². The first-order chi connectivity index (χ1) is 9.63. The average molecular weight is 317 g/mol. The Morgan fingerprint density at radius 1 is 1.45 bits per heavy atom. The van der Waals surface area contributed by atoms with E-state index in [1.807, 2.05) is 10.8 Å². The Labute approximate surface area is 125 Å². The molecule has 20 heavy (non-hydrogen) atoms. The van der Waals surface area contributed by atoms with Gasteiger partial charge in [-0.05, 0) is 37.3 Å². The molecule has 1 aliphatic heterocycles. The summed E-state index contributed by atoms with van der Waals surface area (Å²) in [6.45, 7) is 4.39. The van der Waals surface area contributed by atoms with E-state index in [0.29, 0.717) is 12.2 Å². The Morgan fingerprint density at radius 3 is 3.00 bits per heavy atom. The van der Waals surface area contributed by atoms with Crippen molar-refractivity contribution in [1.29, 1.82) is 0 Å². The average Bonchev–Trinajstić information content (AvgIpc) is 2.91. The van der Waals surface area contributed by atoms with Gasteiger partial charge in [0.25, 0.3) is 0 Å². The van der Waals surface area contributed by atoms with E-state index in [2.05, 4.69) is 17.0 Å². The van der Waals surface area contributed by atoms with E-state index in [1.165, 1.54) is 11.3 Å². The summed E-state index contributed by atoms with van der Waals surface area (Å²) < 4.78 is 29.3. The van der Waals surface area contributed by atoms with Crippen LogP contribution < -0.4 is 10.0 Å². The van der Waals surface area contributed by atoms with Crippen molar-refractivity contribution in [2.75, 3.05) is 24.4 Å². The summed E-state index contributed by atoms with van der Waals surface area (Å²) >= 11 is 1.49. The van der Waals surface area contributed by atoms with Crippen molar-refractivity contribution >= 4 is 27.2 Å². The largest absolute Gasteiger partial charge is 0.315 e. The highest BCUT2D eigenvalue weighted by Crippen LogP contribution is 2.22. The molecule has 0 bridgehead atoms. The van der Waals surface area contributed by atoms with E-state index in [0.717, 1.165) is 38.8 Å². The van der Waals surface area contributed by atoms with E-state index >= 15 is 0 Å². The molecule has 0 radical (unpaired) electrons. The van der Waals surface area contributed by atoms with Gasteiger partial charge in [0.2, 0.25) is 0 Å². The standard InChI is InChI=1S/C13H23N3O2S2/c1-2-7-14-10-13-5-3-4-8-16(13)20(17,18)15-12-6-9-19-11-12/h6,9,11,13-15H,2-5,7-8,10H2,1H3. The van der Waals surface area contributed by atoms with Gasteiger partial charge in [0.1, 0.15) is 0 Å². The van der Waals surface area contributed by atoms with Gasteiger partial charge in [0.05, 0.1) is 5.69 Å². The van der Waals surface area contributed by atoms with Gasteiger partial charge in [-0.15, -0.1) is 0 Å². The Kier molecular flexibility index (Phi) is 5.83. The van der Waals surface area contributed by atoms with Crippen LogP contribution in [0, 0.1) is 0 Å². The van der Waals surface area contributed by atoms with Gasteiger partial charge >= 0.3 is 10.2 Å². The Bertz CT molecular complexity index is 488. The number of anilines is 1. The summed E-state index contributed by atoms with van der Waals surface area (Å²) in [5.41, 5.74) is 0.654. The van der Waals surface area contributed by atoms with Crippen LogP contribution in [0.2, 0.25) is 0 Å². The Morgan fingerprint density at radius 2 is 2.30 bits per heavy atom. The van der Waals surface area contributed by atoms with Gasteiger partial charge in [-0.3, -0.25) is 4.72 Å². The molecule has 1 atom stereocenters. The van der Waals surface area contributed by atoms with Crippen molar-refractivity contribution in [3.8, 4) is 0 Å². The molecule has 2 N–H and O–H groups in total. The molecule has 1 saturated heterocycles. The summed E-state index contributed by atoms with van der Waals surface area (Å²) in [4.78, 5) is 0. The highest BCUT2D eigenvalue weighted by atomic mass is 32.2. The minimum absolute atomic E-state index is 0.0615. The van der Waals surface area contributed by atoms with Crippen LogP contribution in [0.3, 0.4) is 0 Å². The number of piperidine rings is 1. The van der Waals surface area contributed by atoms with Crippen LogP contribution in [0.4, 0.5) is 5.69 Å². The minimum Gasteiger partial charge on any atom is -0.315 e. The fourth-order valence-corrected chi connectivity index (χ4v) is 4.62. The topological polar surface area (TPSA) is 61.4 Å². The van der Waals surface area contributed by atoms with Crippen LogP contribution in [0.1, 0.15) is 32.6 Å². The molecular formula is C13H23N3O2S2. The van der Waals surface area contributed by atoms with Crippen molar-refractivity contribution in [3.63, 3.8) is 0 Å². The second-order valence-corrected chi connectivity index (χ2v) is 7.49. The van der Waals surface area contributed by atoms with Crippen molar-refractivity contribution in [2.24, 2.45) is 0 Å². The van der Waals surface area contributed by atoms with Crippen LogP contribution in [0.25, 0.3) is 0 Å². The lowest BCUT2D eigenvalue weighted by molar-refractivity contribution is 0.247.